The lowest BCUT2D eigenvalue weighted by molar-refractivity contribution is -0.141. The monoisotopic (exact) mass is 444 g/mol. The molecular formula is C29H48O3. The second-order valence-electron chi connectivity index (χ2n) is 12.4. The number of allylic oxidation sites excluding steroid dienone is 1. The highest BCUT2D eigenvalue weighted by Crippen LogP contribution is 2.69. The average Bonchev–Trinajstić information content (AvgIpc) is 3.15. The number of carbonyl (C=O) groups is 1. The van der Waals surface area contributed by atoms with Crippen LogP contribution < -0.4 is 0 Å². The number of aliphatic hydroxyl groups is 1. The first kappa shape index (κ1) is 24.3. The van der Waals surface area contributed by atoms with Gasteiger partial charge < -0.3 is 9.84 Å². The van der Waals surface area contributed by atoms with Crippen LogP contribution in [-0.2, 0) is 9.53 Å². The van der Waals surface area contributed by atoms with Crippen LogP contribution in [0.2, 0.25) is 0 Å². The van der Waals surface area contributed by atoms with E-state index >= 15 is 0 Å². The van der Waals surface area contributed by atoms with Crippen molar-refractivity contribution >= 4 is 5.97 Å². The molecule has 1 N–H and O–H groups in total. The van der Waals surface area contributed by atoms with E-state index in [1.165, 1.54) is 45.6 Å². The molecule has 3 heteroatoms. The molecule has 0 bridgehead atoms. The first-order valence-electron chi connectivity index (χ1n) is 13.7. The molecule has 182 valence electrons. The lowest BCUT2D eigenvalue weighted by atomic mass is 9.43. The highest BCUT2D eigenvalue weighted by molar-refractivity contribution is 5.68. The second kappa shape index (κ2) is 9.08. The summed E-state index contributed by atoms with van der Waals surface area (Å²) in [6.07, 6.45) is 17.1. The van der Waals surface area contributed by atoms with Crippen molar-refractivity contribution in [2.75, 3.05) is 7.11 Å². The van der Waals surface area contributed by atoms with Crippen molar-refractivity contribution in [2.24, 2.45) is 46.3 Å². The molecule has 4 aliphatic rings. The van der Waals surface area contributed by atoms with Crippen molar-refractivity contribution in [3.8, 4) is 0 Å². The van der Waals surface area contributed by atoms with E-state index in [2.05, 4.69) is 33.4 Å². The van der Waals surface area contributed by atoms with Gasteiger partial charge in [0.25, 0.3) is 0 Å². The predicted molar refractivity (Wildman–Crippen MR) is 130 cm³/mol. The van der Waals surface area contributed by atoms with Crippen molar-refractivity contribution in [1.82, 2.24) is 0 Å². The summed E-state index contributed by atoms with van der Waals surface area (Å²) in [5, 5.41) is 11.1. The summed E-state index contributed by atoms with van der Waals surface area (Å²) in [4.78, 5) is 11.6. The Labute approximate surface area is 196 Å². The summed E-state index contributed by atoms with van der Waals surface area (Å²) in [5.41, 5.74) is 0.279. The first-order valence-corrected chi connectivity index (χ1v) is 13.7. The van der Waals surface area contributed by atoms with Gasteiger partial charge in [0.05, 0.1) is 12.7 Å². The summed E-state index contributed by atoms with van der Waals surface area (Å²) in [5.74, 6) is 4.49. The molecule has 0 aliphatic heterocycles. The van der Waals surface area contributed by atoms with Crippen LogP contribution in [0.3, 0.4) is 0 Å². The van der Waals surface area contributed by atoms with Gasteiger partial charge in [-0.15, -0.1) is 6.58 Å². The van der Waals surface area contributed by atoms with Crippen LogP contribution in [0, 0.1) is 46.3 Å². The van der Waals surface area contributed by atoms with E-state index in [0.717, 1.165) is 62.2 Å². The van der Waals surface area contributed by atoms with Crippen LogP contribution in [0.25, 0.3) is 0 Å². The molecule has 0 spiro atoms. The molecule has 0 heterocycles. The van der Waals surface area contributed by atoms with E-state index in [1.54, 1.807) is 0 Å². The number of hydrogen-bond acceptors (Lipinski definition) is 3. The molecule has 2 unspecified atom stereocenters. The quantitative estimate of drug-likeness (QED) is 0.342. The fourth-order valence-electron chi connectivity index (χ4n) is 9.60. The molecule has 0 aromatic carbocycles. The zero-order chi connectivity index (χ0) is 23.1. The topological polar surface area (TPSA) is 46.5 Å². The Bertz CT molecular complexity index is 703. The van der Waals surface area contributed by atoms with Crippen LogP contribution in [0.5, 0.6) is 0 Å². The molecule has 4 fully saturated rings. The van der Waals surface area contributed by atoms with E-state index in [4.69, 9.17) is 4.74 Å². The van der Waals surface area contributed by atoms with E-state index in [0.29, 0.717) is 23.7 Å². The molecule has 0 amide bonds. The SMILES string of the molecule is C=C[C@]12CC[C@@](O)(CC)C[C@@H]1CC[C@H]1C3CC[C@H]([C@H](C)CCCC(=O)OC)[C@@]3(C)CCC12. The molecule has 4 rings (SSSR count). The number of fused-ring (bicyclic) bond motifs is 5. The summed E-state index contributed by atoms with van der Waals surface area (Å²) in [7, 11) is 1.49. The van der Waals surface area contributed by atoms with Gasteiger partial charge in [0.2, 0.25) is 0 Å². The largest absolute Gasteiger partial charge is 0.469 e. The number of carbonyl (C=O) groups excluding carboxylic acids is 1. The maximum atomic E-state index is 11.6. The van der Waals surface area contributed by atoms with Gasteiger partial charge in [-0.05, 0) is 123 Å². The third kappa shape index (κ3) is 3.89. The second-order valence-corrected chi connectivity index (χ2v) is 12.4. The predicted octanol–water partition coefficient (Wildman–Crippen LogP) is 6.93. The van der Waals surface area contributed by atoms with Crippen LogP contribution in [0.1, 0.15) is 104 Å². The molecular weight excluding hydrogens is 396 g/mol. The number of esters is 1. The Morgan fingerprint density at radius 3 is 2.62 bits per heavy atom. The fraction of sp³-hybridized carbons (Fsp3) is 0.897. The first-order chi connectivity index (χ1) is 15.2. The number of hydrogen-bond donors (Lipinski definition) is 1. The van der Waals surface area contributed by atoms with E-state index in [-0.39, 0.29) is 11.4 Å². The van der Waals surface area contributed by atoms with Gasteiger partial charge in [0, 0.05) is 6.42 Å². The molecule has 4 aliphatic carbocycles. The standard InChI is InChI=1S/C29H48O3/c1-6-28(31)17-18-29(7-2)21(19-28)11-12-22-24-14-13-23(27(24,4)16-15-25(22)29)20(3)9-8-10-26(30)32-5/h7,20-25,31H,2,6,8-19H2,1,3-5H3/t20-,21+,22+,23-,24?,25?,27-,28+,29+/m1/s1. The maximum absolute atomic E-state index is 11.6. The molecule has 0 aromatic heterocycles. The minimum absolute atomic E-state index is 0.0674. The normalized spacial score (nSPS) is 46.5. The fourth-order valence-corrected chi connectivity index (χ4v) is 9.60. The number of ether oxygens (including phenoxy) is 1. The Balaban J connectivity index is 1.48. The number of methoxy groups -OCH3 is 1. The molecule has 3 nitrogen and oxygen atoms in total. The van der Waals surface area contributed by atoms with Crippen molar-refractivity contribution in [2.45, 2.75) is 110 Å². The van der Waals surface area contributed by atoms with E-state index in [9.17, 15) is 9.90 Å². The van der Waals surface area contributed by atoms with Crippen molar-refractivity contribution in [3.63, 3.8) is 0 Å². The lowest BCUT2D eigenvalue weighted by Gasteiger charge is -2.62. The van der Waals surface area contributed by atoms with Crippen molar-refractivity contribution in [3.05, 3.63) is 12.7 Å². The van der Waals surface area contributed by atoms with Crippen LogP contribution in [-0.4, -0.2) is 23.8 Å². The van der Waals surface area contributed by atoms with Crippen LogP contribution in [0.4, 0.5) is 0 Å². The smallest absolute Gasteiger partial charge is 0.305 e. The van der Waals surface area contributed by atoms with Crippen LogP contribution in [0.15, 0.2) is 12.7 Å². The minimum Gasteiger partial charge on any atom is -0.469 e. The molecule has 0 radical (unpaired) electrons. The number of rotatable bonds is 7. The minimum atomic E-state index is -0.439. The van der Waals surface area contributed by atoms with Gasteiger partial charge in [-0.3, -0.25) is 4.79 Å². The molecule has 4 saturated carbocycles. The lowest BCUT2D eigenvalue weighted by Crippen LogP contribution is -2.56. The van der Waals surface area contributed by atoms with Crippen LogP contribution >= 0.6 is 0 Å². The van der Waals surface area contributed by atoms with Gasteiger partial charge in [0.15, 0.2) is 0 Å². The van der Waals surface area contributed by atoms with Crippen molar-refractivity contribution in [1.29, 1.82) is 0 Å². The third-order valence-corrected chi connectivity index (χ3v) is 11.5. The van der Waals surface area contributed by atoms with Gasteiger partial charge in [-0.1, -0.05) is 26.8 Å². The Hall–Kier alpha value is -0.830. The zero-order valence-electron chi connectivity index (χ0n) is 21.2. The molecule has 0 aromatic rings. The summed E-state index contributed by atoms with van der Waals surface area (Å²) in [6.45, 7) is 11.6. The molecule has 9 atom stereocenters. The van der Waals surface area contributed by atoms with Gasteiger partial charge in [0.1, 0.15) is 0 Å². The summed E-state index contributed by atoms with van der Waals surface area (Å²) in [6, 6.07) is 0. The summed E-state index contributed by atoms with van der Waals surface area (Å²) < 4.78 is 4.84. The highest BCUT2D eigenvalue weighted by atomic mass is 16.5. The zero-order valence-corrected chi connectivity index (χ0v) is 21.2. The molecule has 0 saturated heterocycles. The third-order valence-electron chi connectivity index (χ3n) is 11.5. The van der Waals surface area contributed by atoms with E-state index < -0.39 is 5.60 Å². The van der Waals surface area contributed by atoms with E-state index in [1.807, 2.05) is 0 Å². The highest BCUT2D eigenvalue weighted by Gasteiger charge is 2.62. The van der Waals surface area contributed by atoms with Crippen molar-refractivity contribution < 1.29 is 14.6 Å². The van der Waals surface area contributed by atoms with Gasteiger partial charge in [-0.25, -0.2) is 0 Å². The molecule has 32 heavy (non-hydrogen) atoms. The summed E-state index contributed by atoms with van der Waals surface area (Å²) >= 11 is 0. The maximum Gasteiger partial charge on any atom is 0.305 e. The Kier molecular flexibility index (Phi) is 6.90. The average molecular weight is 445 g/mol. The van der Waals surface area contributed by atoms with Gasteiger partial charge in [-0.2, -0.15) is 0 Å². The van der Waals surface area contributed by atoms with Gasteiger partial charge >= 0.3 is 5.97 Å². The Morgan fingerprint density at radius 2 is 1.94 bits per heavy atom. The Morgan fingerprint density at radius 1 is 1.16 bits per heavy atom.